The Kier molecular flexibility index (Phi) is 21.4. The Morgan fingerprint density at radius 2 is 1.31 bits per heavy atom. The molecule has 16 heavy (non-hydrogen) atoms. The lowest BCUT2D eigenvalue weighted by Gasteiger charge is -2.04. The van der Waals surface area contributed by atoms with Crippen LogP contribution in [0, 0.1) is 0 Å². The smallest absolute Gasteiger partial charge is 0.302 e. The normalized spacial score (nSPS) is 8.25. The summed E-state index contributed by atoms with van der Waals surface area (Å²) < 4.78 is 4.40. The van der Waals surface area contributed by atoms with E-state index in [-0.39, 0.29) is 17.2 Å². The van der Waals surface area contributed by atoms with Crippen LogP contribution in [0.4, 0.5) is 0 Å². The van der Waals surface area contributed by atoms with Crippen LogP contribution in [0.3, 0.4) is 0 Å². The molecule has 0 aromatic heterocycles. The van der Waals surface area contributed by atoms with Gasteiger partial charge in [-0.25, -0.2) is 0 Å². The van der Waals surface area contributed by atoms with Crippen LogP contribution in [-0.4, -0.2) is 34.5 Å². The second-order valence-corrected chi connectivity index (χ2v) is 4.00. The van der Waals surface area contributed by atoms with Crippen LogP contribution in [0.2, 0.25) is 0 Å². The van der Waals surface area contributed by atoms with Gasteiger partial charge in [-0.15, -0.1) is 0 Å². The maximum absolute atomic E-state index is 9.82. The quantitative estimate of drug-likeness (QED) is 0.692. The summed E-state index contributed by atoms with van der Waals surface area (Å²) in [6.45, 7) is 11.9. The van der Waals surface area contributed by atoms with Crippen molar-refractivity contribution in [3.8, 4) is 0 Å². The van der Waals surface area contributed by atoms with Gasteiger partial charge in [-0.1, -0.05) is 0 Å². The number of rotatable bonds is 1. The Balaban J connectivity index is -0.0000000668. The van der Waals surface area contributed by atoms with Gasteiger partial charge in [0.15, 0.2) is 0 Å². The summed E-state index contributed by atoms with van der Waals surface area (Å²) >= 11 is 0. The molecule has 0 atom stereocenters. The van der Waals surface area contributed by atoms with Gasteiger partial charge in [0.05, 0.1) is 12.2 Å². The van der Waals surface area contributed by atoms with E-state index in [1.54, 1.807) is 27.7 Å². The van der Waals surface area contributed by atoms with Gasteiger partial charge >= 0.3 is 5.97 Å². The van der Waals surface area contributed by atoms with Gasteiger partial charge in [0, 0.05) is 6.92 Å². The van der Waals surface area contributed by atoms with Crippen LogP contribution in [0.5, 0.6) is 0 Å². The topological polar surface area (TPSA) is 95.1 Å². The van der Waals surface area contributed by atoms with E-state index in [1.807, 2.05) is 0 Å². The number of ether oxygens (including phenoxy) is 1. The van der Waals surface area contributed by atoms with Gasteiger partial charge in [0.1, 0.15) is 5.78 Å². The van der Waals surface area contributed by atoms with Crippen molar-refractivity contribution in [3.05, 3.63) is 0 Å². The van der Waals surface area contributed by atoms with Crippen molar-refractivity contribution in [2.24, 2.45) is 0 Å². The van der Waals surface area contributed by atoms with E-state index in [0.29, 0.717) is 6.61 Å². The van der Waals surface area contributed by atoms with Crippen molar-refractivity contribution in [2.75, 3.05) is 6.61 Å². The van der Waals surface area contributed by atoms with Crippen molar-refractivity contribution >= 4 is 11.8 Å². The van der Waals surface area contributed by atoms with Gasteiger partial charge in [0.2, 0.25) is 0 Å². The first-order valence-corrected chi connectivity index (χ1v) is 4.83. The average Bonchev–Trinajstić information content (AvgIpc) is 1.79. The van der Waals surface area contributed by atoms with E-state index >= 15 is 0 Å². The van der Waals surface area contributed by atoms with Crippen molar-refractivity contribution in [3.63, 3.8) is 0 Å². The van der Waals surface area contributed by atoms with E-state index in [9.17, 15) is 9.59 Å². The molecule has 3 N–H and O–H groups in total. The van der Waals surface area contributed by atoms with Crippen molar-refractivity contribution < 1.29 is 24.9 Å². The van der Waals surface area contributed by atoms with E-state index < -0.39 is 5.60 Å². The van der Waals surface area contributed by atoms with Crippen LogP contribution in [0.1, 0.15) is 48.5 Å². The Morgan fingerprint density at radius 3 is 1.31 bits per heavy atom. The van der Waals surface area contributed by atoms with Crippen LogP contribution in [-0.2, 0) is 14.3 Å². The number of carbonyl (C=O) groups excluding carboxylic acids is 2. The standard InChI is InChI=1S/C4H8O2.C4H10O.C3H6O.H2O/c1-3-6-4(2)5;1-4(2,3)5;1-3(2)4;/h3H2,1-2H3;5H,1-3H3;1-2H3;1H2. The Bertz CT molecular complexity index is 160. The van der Waals surface area contributed by atoms with Crippen LogP contribution in [0.15, 0.2) is 0 Å². The molecule has 0 saturated heterocycles. The summed E-state index contributed by atoms with van der Waals surface area (Å²) in [6, 6.07) is 0. The number of hydrogen-bond acceptors (Lipinski definition) is 4. The Labute approximate surface area is 98.1 Å². The van der Waals surface area contributed by atoms with Gasteiger partial charge in [-0.3, -0.25) is 4.79 Å². The molecule has 0 amide bonds. The lowest BCUT2D eigenvalue weighted by Crippen LogP contribution is -2.10. The third-order valence-corrected chi connectivity index (χ3v) is 0.348. The zero-order chi connectivity index (χ0) is 13.1. The molecular weight excluding hydrogens is 212 g/mol. The third-order valence-electron chi connectivity index (χ3n) is 0.348. The summed E-state index contributed by atoms with van der Waals surface area (Å²) in [4.78, 5) is 19.3. The highest BCUT2D eigenvalue weighted by molar-refractivity contribution is 5.72. The number of Topliss-reactive ketones (excluding diaryl/α,β-unsaturated/α-hetero) is 1. The van der Waals surface area contributed by atoms with Crippen LogP contribution >= 0.6 is 0 Å². The molecule has 0 aromatic rings. The molecule has 0 fully saturated rings. The zero-order valence-electron chi connectivity index (χ0n) is 11.4. The fraction of sp³-hybridized carbons (Fsp3) is 0.818. The highest BCUT2D eigenvalue weighted by Gasteiger charge is 1.97. The third kappa shape index (κ3) is 448. The maximum atomic E-state index is 9.82. The Hall–Kier alpha value is -0.940. The van der Waals surface area contributed by atoms with Gasteiger partial charge in [-0.2, -0.15) is 0 Å². The second-order valence-electron chi connectivity index (χ2n) is 4.00. The van der Waals surface area contributed by atoms with Gasteiger partial charge in [-0.05, 0) is 41.5 Å². The van der Waals surface area contributed by atoms with E-state index in [4.69, 9.17) is 5.11 Å². The highest BCUT2D eigenvalue weighted by Crippen LogP contribution is 1.93. The second kappa shape index (κ2) is 14.1. The van der Waals surface area contributed by atoms with Crippen LogP contribution in [0.25, 0.3) is 0 Å². The van der Waals surface area contributed by atoms with Crippen molar-refractivity contribution in [1.29, 1.82) is 0 Å². The molecular formula is C11H26O5. The van der Waals surface area contributed by atoms with E-state index in [1.165, 1.54) is 20.8 Å². The zero-order valence-corrected chi connectivity index (χ0v) is 11.4. The minimum absolute atomic E-state index is 0. The summed E-state index contributed by atoms with van der Waals surface area (Å²) in [5.41, 5.74) is -0.500. The minimum Gasteiger partial charge on any atom is -0.466 e. The van der Waals surface area contributed by atoms with Crippen LogP contribution < -0.4 is 0 Å². The summed E-state index contributed by atoms with van der Waals surface area (Å²) in [7, 11) is 0. The van der Waals surface area contributed by atoms with Crippen molar-refractivity contribution in [2.45, 2.75) is 54.1 Å². The fourth-order valence-corrected chi connectivity index (χ4v) is 0.203. The largest absolute Gasteiger partial charge is 0.466 e. The van der Waals surface area contributed by atoms with Crippen molar-refractivity contribution in [1.82, 2.24) is 0 Å². The minimum atomic E-state index is -0.500. The summed E-state index contributed by atoms with van der Waals surface area (Å²) in [6.07, 6.45) is 0. The SMILES string of the molecule is CC(C)(C)O.CC(C)=O.CCOC(C)=O.O. The molecule has 0 spiro atoms. The molecule has 5 heteroatoms. The van der Waals surface area contributed by atoms with Gasteiger partial charge in [0.25, 0.3) is 0 Å². The molecule has 100 valence electrons. The Morgan fingerprint density at radius 1 is 1.12 bits per heavy atom. The molecule has 0 aliphatic heterocycles. The van der Waals surface area contributed by atoms with E-state index in [0.717, 1.165) is 0 Å². The molecule has 0 aromatic carbocycles. The average molecular weight is 238 g/mol. The number of hydrogen-bond donors (Lipinski definition) is 1. The molecule has 0 unspecified atom stereocenters. The molecule has 0 aliphatic rings. The predicted octanol–water partition coefficient (Wildman–Crippen LogP) is 1.12. The molecule has 0 aliphatic carbocycles. The molecule has 0 rings (SSSR count). The number of carbonyl (C=O) groups is 2. The fourth-order valence-electron chi connectivity index (χ4n) is 0.203. The number of esters is 1. The molecule has 0 saturated carbocycles. The van der Waals surface area contributed by atoms with Gasteiger partial charge < -0.3 is 20.1 Å². The molecule has 0 bridgehead atoms. The first kappa shape index (κ1) is 24.3. The van der Waals surface area contributed by atoms with E-state index in [2.05, 4.69) is 4.74 Å². The first-order valence-electron chi connectivity index (χ1n) is 4.83. The highest BCUT2D eigenvalue weighted by atomic mass is 16.5. The molecule has 0 heterocycles. The maximum Gasteiger partial charge on any atom is 0.302 e. The first-order chi connectivity index (χ1) is 6.50. The monoisotopic (exact) mass is 238 g/mol. The molecule has 0 radical (unpaired) electrons. The summed E-state index contributed by atoms with van der Waals surface area (Å²) in [5.74, 6) is -0.0440. The number of aliphatic hydroxyl groups is 1. The molecule has 5 nitrogen and oxygen atoms in total. The lowest BCUT2D eigenvalue weighted by molar-refractivity contribution is -0.140. The lowest BCUT2D eigenvalue weighted by atomic mass is 10.2. The predicted molar refractivity (Wildman–Crippen MR) is 64.2 cm³/mol. The summed E-state index contributed by atoms with van der Waals surface area (Å²) in [5, 5.41) is 8.52. The number of ketones is 1.